The van der Waals surface area contributed by atoms with Gasteiger partial charge in [-0.15, -0.1) is 0 Å². The number of halogens is 4. The smallest absolute Gasteiger partial charge is 0.292 e. The van der Waals surface area contributed by atoms with Gasteiger partial charge in [-0.05, 0) is 18.2 Å². The van der Waals surface area contributed by atoms with Gasteiger partial charge in [-0.2, -0.15) is 18.3 Å². The molecule has 1 aromatic heterocycles. The number of hydrogen-bond acceptors (Lipinski definition) is 2. The molecule has 114 valence electrons. The van der Waals surface area contributed by atoms with E-state index in [2.05, 4.69) is 5.10 Å². The van der Waals surface area contributed by atoms with Crippen molar-refractivity contribution < 1.29 is 22.4 Å². The normalized spacial score (nSPS) is 12.3. The summed E-state index contributed by atoms with van der Waals surface area (Å²) in [6, 6.07) is 3.63. The lowest BCUT2D eigenvalue weighted by Crippen LogP contribution is -2.14. The van der Waals surface area contributed by atoms with Crippen molar-refractivity contribution in [3.63, 3.8) is 0 Å². The minimum Gasteiger partial charge on any atom is -0.292 e. The average Bonchev–Trinajstić information content (AvgIpc) is 2.72. The van der Waals surface area contributed by atoms with Crippen LogP contribution in [-0.4, -0.2) is 21.7 Å². The molecule has 0 N–H and O–H groups in total. The lowest BCUT2D eigenvalue weighted by molar-refractivity contribution is -0.137. The van der Waals surface area contributed by atoms with E-state index in [9.17, 15) is 22.4 Å². The first-order valence-corrected chi connectivity index (χ1v) is 6.46. The Morgan fingerprint density at radius 1 is 1.33 bits per heavy atom. The van der Waals surface area contributed by atoms with Gasteiger partial charge in [0.2, 0.25) is 0 Å². The number of carbonyl (C=O) groups is 1. The summed E-state index contributed by atoms with van der Waals surface area (Å²) in [6.07, 6.45) is -5.43. The Hall–Kier alpha value is -1.92. The number of nitrogens with zero attached hydrogens (tertiary/aromatic N) is 2. The predicted molar refractivity (Wildman–Crippen MR) is 69.5 cm³/mol. The number of ketones is 1. The number of alkyl halides is 3. The molecular weight excluding hydrogens is 288 g/mol. The molecule has 0 amide bonds. The maximum absolute atomic E-state index is 13.3. The third kappa shape index (κ3) is 3.40. The number of fused-ring (bicyclic) bond motifs is 1. The molecule has 0 aliphatic heterocycles. The molecule has 1 heterocycles. The van der Waals surface area contributed by atoms with Gasteiger partial charge in [0.05, 0.1) is 18.5 Å². The van der Waals surface area contributed by atoms with E-state index >= 15 is 0 Å². The number of aromatic nitrogens is 2. The summed E-state index contributed by atoms with van der Waals surface area (Å²) in [7, 11) is 0. The molecule has 0 spiro atoms. The molecule has 0 fully saturated rings. The van der Waals surface area contributed by atoms with Crippen molar-refractivity contribution in [3.05, 3.63) is 29.7 Å². The van der Waals surface area contributed by atoms with Crippen molar-refractivity contribution in [2.45, 2.75) is 33.0 Å². The molecular formula is C14H14F4N2O. The summed E-state index contributed by atoms with van der Waals surface area (Å²) in [6.45, 7) is 2.90. The highest BCUT2D eigenvalue weighted by atomic mass is 19.4. The number of benzene rings is 1. The van der Waals surface area contributed by atoms with E-state index < -0.39 is 25.0 Å². The second-order valence-electron chi connectivity index (χ2n) is 5.12. The molecule has 2 aromatic rings. The molecule has 21 heavy (non-hydrogen) atoms. The van der Waals surface area contributed by atoms with Crippen LogP contribution in [0.2, 0.25) is 0 Å². The minimum absolute atomic E-state index is 0.0853. The van der Waals surface area contributed by atoms with Crippen LogP contribution in [0.1, 0.15) is 30.8 Å². The summed E-state index contributed by atoms with van der Waals surface area (Å²) < 4.78 is 51.4. The van der Waals surface area contributed by atoms with Crippen molar-refractivity contribution in [3.8, 4) is 0 Å². The van der Waals surface area contributed by atoms with Crippen LogP contribution in [0, 0.1) is 11.7 Å². The van der Waals surface area contributed by atoms with E-state index in [0.717, 1.165) is 16.8 Å². The van der Waals surface area contributed by atoms with E-state index in [4.69, 9.17) is 0 Å². The van der Waals surface area contributed by atoms with Crippen molar-refractivity contribution in [2.24, 2.45) is 5.92 Å². The summed E-state index contributed by atoms with van der Waals surface area (Å²) in [5.74, 6) is -1.21. The summed E-state index contributed by atoms with van der Waals surface area (Å²) in [4.78, 5) is 12.1. The average molecular weight is 302 g/mol. The van der Waals surface area contributed by atoms with Crippen LogP contribution >= 0.6 is 0 Å². The fourth-order valence-corrected chi connectivity index (χ4v) is 2.01. The highest BCUT2D eigenvalue weighted by Crippen LogP contribution is 2.25. The largest absolute Gasteiger partial charge is 0.390 e. The highest BCUT2D eigenvalue weighted by molar-refractivity contribution is 6.06. The fraction of sp³-hybridized carbons (Fsp3) is 0.429. The Kier molecular flexibility index (Phi) is 4.02. The van der Waals surface area contributed by atoms with Gasteiger partial charge in [-0.1, -0.05) is 13.8 Å². The van der Waals surface area contributed by atoms with Gasteiger partial charge in [0.15, 0.2) is 5.78 Å². The number of hydrogen-bond donors (Lipinski definition) is 0. The molecule has 0 aliphatic rings. The van der Waals surface area contributed by atoms with Crippen molar-refractivity contribution in [1.29, 1.82) is 0 Å². The van der Waals surface area contributed by atoms with Crippen LogP contribution in [-0.2, 0) is 6.54 Å². The maximum Gasteiger partial charge on any atom is 0.390 e. The molecule has 0 radical (unpaired) electrons. The van der Waals surface area contributed by atoms with Crippen molar-refractivity contribution in [2.75, 3.05) is 0 Å². The molecule has 0 saturated heterocycles. The first-order valence-electron chi connectivity index (χ1n) is 6.46. The minimum atomic E-state index is -4.34. The lowest BCUT2D eigenvalue weighted by Gasteiger charge is -2.07. The van der Waals surface area contributed by atoms with Gasteiger partial charge in [0.25, 0.3) is 0 Å². The van der Waals surface area contributed by atoms with Crippen molar-refractivity contribution >= 4 is 16.7 Å². The Morgan fingerprint density at radius 3 is 2.57 bits per heavy atom. The zero-order chi connectivity index (χ0) is 15.8. The van der Waals surface area contributed by atoms with E-state index in [1.54, 1.807) is 13.8 Å². The van der Waals surface area contributed by atoms with E-state index in [1.165, 1.54) is 6.07 Å². The Labute approximate surface area is 118 Å². The van der Waals surface area contributed by atoms with Crippen LogP contribution in [0.4, 0.5) is 17.6 Å². The van der Waals surface area contributed by atoms with E-state index in [-0.39, 0.29) is 22.9 Å². The van der Waals surface area contributed by atoms with Crippen LogP contribution in [0.5, 0.6) is 0 Å². The van der Waals surface area contributed by atoms with Gasteiger partial charge in [-0.25, -0.2) is 4.39 Å². The maximum atomic E-state index is 13.3. The SMILES string of the molecule is CC(C)C(=O)c1nn(CCC(F)(F)F)c2cc(F)ccc12. The van der Waals surface area contributed by atoms with E-state index in [1.807, 2.05) is 0 Å². The molecule has 0 aliphatic carbocycles. The molecule has 2 rings (SSSR count). The van der Waals surface area contributed by atoms with E-state index in [0.29, 0.717) is 5.39 Å². The Balaban J connectivity index is 2.50. The predicted octanol–water partition coefficient (Wildman–Crippen LogP) is 3.97. The highest BCUT2D eigenvalue weighted by Gasteiger charge is 2.28. The standard InChI is InChI=1S/C14H14F4N2O/c1-8(2)13(21)12-10-4-3-9(15)7-11(10)20(19-12)6-5-14(16,17)18/h3-4,7-8H,5-6H2,1-2H3. The first kappa shape index (κ1) is 15.5. The summed E-state index contributed by atoms with van der Waals surface area (Å²) >= 11 is 0. The molecule has 0 saturated carbocycles. The van der Waals surface area contributed by atoms with Crippen LogP contribution in [0.15, 0.2) is 18.2 Å². The molecule has 0 bridgehead atoms. The summed E-state index contributed by atoms with van der Waals surface area (Å²) in [5, 5.41) is 4.33. The fourth-order valence-electron chi connectivity index (χ4n) is 2.01. The van der Waals surface area contributed by atoms with Gasteiger partial charge in [0.1, 0.15) is 11.5 Å². The molecule has 0 unspecified atom stereocenters. The number of Topliss-reactive ketones (excluding diaryl/α,β-unsaturated/α-hetero) is 1. The Morgan fingerprint density at radius 2 is 2.00 bits per heavy atom. The van der Waals surface area contributed by atoms with Crippen LogP contribution in [0.3, 0.4) is 0 Å². The summed E-state index contributed by atoms with van der Waals surface area (Å²) in [5.41, 5.74) is 0.283. The number of aryl methyl sites for hydroxylation is 1. The number of carbonyl (C=O) groups excluding carboxylic acids is 1. The second kappa shape index (κ2) is 5.46. The van der Waals surface area contributed by atoms with Crippen LogP contribution in [0.25, 0.3) is 10.9 Å². The lowest BCUT2D eigenvalue weighted by atomic mass is 10.0. The third-order valence-corrected chi connectivity index (χ3v) is 3.08. The van der Waals surface area contributed by atoms with Gasteiger partial charge >= 0.3 is 6.18 Å². The van der Waals surface area contributed by atoms with Gasteiger partial charge in [0, 0.05) is 11.3 Å². The molecule has 1 aromatic carbocycles. The topological polar surface area (TPSA) is 34.9 Å². The first-order chi connectivity index (χ1) is 9.69. The monoisotopic (exact) mass is 302 g/mol. The molecule has 3 nitrogen and oxygen atoms in total. The second-order valence-corrected chi connectivity index (χ2v) is 5.12. The molecule has 7 heteroatoms. The molecule has 0 atom stereocenters. The zero-order valence-corrected chi connectivity index (χ0v) is 11.5. The Bertz CT molecular complexity index is 673. The number of rotatable bonds is 4. The van der Waals surface area contributed by atoms with Crippen LogP contribution < -0.4 is 0 Å². The van der Waals surface area contributed by atoms with Crippen molar-refractivity contribution in [1.82, 2.24) is 9.78 Å². The zero-order valence-electron chi connectivity index (χ0n) is 11.5. The van der Waals surface area contributed by atoms with Gasteiger partial charge < -0.3 is 0 Å². The quantitative estimate of drug-likeness (QED) is 0.633. The third-order valence-electron chi connectivity index (χ3n) is 3.08. The van der Waals surface area contributed by atoms with Gasteiger partial charge in [-0.3, -0.25) is 9.48 Å².